The SMILES string of the molecule is COc1cc(C(O)=C2C(=O)Nc3cc(Cl)c(-c4ccc(C5COC(C)(C)OC5)cc4)cc32)on1. The highest BCUT2D eigenvalue weighted by atomic mass is 35.5. The van der Waals surface area contributed by atoms with Gasteiger partial charge in [-0.25, -0.2) is 0 Å². The van der Waals surface area contributed by atoms with Crippen LogP contribution < -0.4 is 10.1 Å². The molecule has 0 bridgehead atoms. The molecule has 3 heterocycles. The fourth-order valence-corrected chi connectivity index (χ4v) is 4.33. The van der Waals surface area contributed by atoms with E-state index < -0.39 is 11.7 Å². The van der Waals surface area contributed by atoms with Crippen LogP contribution in [0.5, 0.6) is 5.88 Å². The smallest absolute Gasteiger partial charge is 0.260 e. The molecule has 5 rings (SSSR count). The second-order valence-corrected chi connectivity index (χ2v) is 9.04. The molecule has 2 aliphatic heterocycles. The normalized spacial score (nSPS) is 19.0. The third-order valence-corrected chi connectivity index (χ3v) is 6.29. The number of rotatable bonds is 4. The van der Waals surface area contributed by atoms with Gasteiger partial charge in [-0.3, -0.25) is 4.79 Å². The van der Waals surface area contributed by atoms with Gasteiger partial charge in [-0.05, 0) is 42.3 Å². The summed E-state index contributed by atoms with van der Waals surface area (Å²) in [7, 11) is 1.43. The number of nitrogens with one attached hydrogen (secondary N) is 1. The standard InChI is InChI=1S/C25H23ClN2O6/c1-25(2)32-11-15(12-33-25)13-4-6-14(7-5-13)16-8-17-19(9-18(16)26)27-24(30)22(17)23(29)20-10-21(31-3)28-34-20/h4-10,15,29H,11-12H2,1-3H3,(H,27,30). The van der Waals surface area contributed by atoms with Crippen molar-refractivity contribution in [2.75, 3.05) is 25.6 Å². The van der Waals surface area contributed by atoms with Crippen molar-refractivity contribution in [2.45, 2.75) is 25.6 Å². The molecule has 2 aromatic carbocycles. The van der Waals surface area contributed by atoms with Crippen molar-refractivity contribution in [2.24, 2.45) is 0 Å². The van der Waals surface area contributed by atoms with Gasteiger partial charge < -0.3 is 29.2 Å². The number of carbonyl (C=O) groups is 1. The molecule has 176 valence electrons. The van der Waals surface area contributed by atoms with Crippen molar-refractivity contribution in [3.63, 3.8) is 0 Å². The van der Waals surface area contributed by atoms with Crippen molar-refractivity contribution in [1.29, 1.82) is 0 Å². The van der Waals surface area contributed by atoms with Gasteiger partial charge in [-0.2, -0.15) is 0 Å². The summed E-state index contributed by atoms with van der Waals surface area (Å²) in [4.78, 5) is 12.7. The van der Waals surface area contributed by atoms with Crippen LogP contribution in [0.3, 0.4) is 0 Å². The minimum absolute atomic E-state index is 0.0239. The lowest BCUT2D eigenvalue weighted by Gasteiger charge is -2.35. The highest BCUT2D eigenvalue weighted by Crippen LogP contribution is 2.42. The molecule has 8 nitrogen and oxygen atoms in total. The minimum atomic E-state index is -0.562. The lowest BCUT2D eigenvalue weighted by molar-refractivity contribution is -0.251. The van der Waals surface area contributed by atoms with Crippen LogP contribution in [0.4, 0.5) is 5.69 Å². The summed E-state index contributed by atoms with van der Waals surface area (Å²) in [5.74, 6) is -1.01. The molecule has 1 aromatic heterocycles. The van der Waals surface area contributed by atoms with Gasteiger partial charge in [0.25, 0.3) is 11.8 Å². The third-order valence-electron chi connectivity index (χ3n) is 5.98. The number of aromatic nitrogens is 1. The van der Waals surface area contributed by atoms with E-state index in [2.05, 4.69) is 10.5 Å². The molecule has 0 radical (unpaired) electrons. The van der Waals surface area contributed by atoms with Crippen molar-refractivity contribution < 1.29 is 28.6 Å². The fourth-order valence-electron chi connectivity index (χ4n) is 4.06. The van der Waals surface area contributed by atoms with E-state index in [0.29, 0.717) is 29.5 Å². The Morgan fingerprint density at radius 2 is 1.85 bits per heavy atom. The minimum Gasteiger partial charge on any atom is -0.504 e. The van der Waals surface area contributed by atoms with Crippen molar-refractivity contribution >= 4 is 34.5 Å². The van der Waals surface area contributed by atoms with Crippen molar-refractivity contribution in [3.8, 4) is 17.0 Å². The first-order valence-electron chi connectivity index (χ1n) is 10.7. The Bertz CT molecular complexity index is 1290. The van der Waals surface area contributed by atoms with E-state index in [-0.39, 0.29) is 28.9 Å². The van der Waals surface area contributed by atoms with E-state index >= 15 is 0 Å². The number of amides is 1. The number of halogens is 1. The molecule has 2 aliphatic rings. The van der Waals surface area contributed by atoms with Gasteiger partial charge in [0.05, 0.1) is 42.7 Å². The van der Waals surface area contributed by atoms with Gasteiger partial charge in [0, 0.05) is 17.0 Å². The molecule has 0 atom stereocenters. The number of anilines is 1. The zero-order valence-electron chi connectivity index (χ0n) is 18.8. The maximum atomic E-state index is 12.7. The summed E-state index contributed by atoms with van der Waals surface area (Å²) in [5.41, 5.74) is 3.78. The molecule has 9 heteroatoms. The molecule has 34 heavy (non-hydrogen) atoms. The molecule has 0 spiro atoms. The number of nitrogens with zero attached hydrogens (tertiary/aromatic N) is 1. The average molecular weight is 483 g/mol. The number of methoxy groups -OCH3 is 1. The van der Waals surface area contributed by atoms with Crippen LogP contribution >= 0.6 is 11.6 Å². The summed E-state index contributed by atoms with van der Waals surface area (Å²) in [6, 6.07) is 12.8. The molecular weight excluding hydrogens is 460 g/mol. The number of aliphatic hydroxyl groups is 1. The Balaban J connectivity index is 1.48. The van der Waals surface area contributed by atoms with Crippen LogP contribution in [0, 0.1) is 0 Å². The van der Waals surface area contributed by atoms with Crippen LogP contribution in [-0.2, 0) is 14.3 Å². The van der Waals surface area contributed by atoms with Gasteiger partial charge in [-0.1, -0.05) is 35.9 Å². The number of benzene rings is 2. The first kappa shape index (κ1) is 22.5. The molecule has 1 fully saturated rings. The van der Waals surface area contributed by atoms with Crippen LogP contribution in [0.1, 0.15) is 36.7 Å². The second kappa shape index (κ2) is 8.47. The lowest BCUT2D eigenvalue weighted by atomic mass is 9.94. The molecule has 1 amide bonds. The first-order valence-corrected chi connectivity index (χ1v) is 11.1. The largest absolute Gasteiger partial charge is 0.504 e. The lowest BCUT2D eigenvalue weighted by Crippen LogP contribution is -2.38. The van der Waals surface area contributed by atoms with Crippen molar-refractivity contribution in [3.05, 3.63) is 64.4 Å². The van der Waals surface area contributed by atoms with E-state index in [4.69, 9.17) is 30.3 Å². The monoisotopic (exact) mass is 482 g/mol. The molecule has 0 saturated carbocycles. The predicted molar refractivity (Wildman–Crippen MR) is 127 cm³/mol. The van der Waals surface area contributed by atoms with Crippen LogP contribution in [0.15, 0.2) is 47.0 Å². The molecule has 3 aromatic rings. The highest BCUT2D eigenvalue weighted by molar-refractivity contribution is 6.38. The summed E-state index contributed by atoms with van der Waals surface area (Å²) in [6.07, 6.45) is 0. The Morgan fingerprint density at radius 3 is 2.50 bits per heavy atom. The van der Waals surface area contributed by atoms with Crippen LogP contribution in [0.2, 0.25) is 5.02 Å². The molecule has 1 saturated heterocycles. The number of hydrogen-bond acceptors (Lipinski definition) is 7. The number of aliphatic hydroxyl groups excluding tert-OH is 1. The van der Waals surface area contributed by atoms with Gasteiger partial charge in [0.15, 0.2) is 11.5 Å². The number of fused-ring (bicyclic) bond motifs is 1. The van der Waals surface area contributed by atoms with Gasteiger partial charge in [0.1, 0.15) is 0 Å². The second-order valence-electron chi connectivity index (χ2n) is 8.63. The molecule has 0 unspecified atom stereocenters. The molecular formula is C25H23ClN2O6. The van der Waals surface area contributed by atoms with E-state index in [1.807, 2.05) is 38.1 Å². The van der Waals surface area contributed by atoms with Gasteiger partial charge in [-0.15, -0.1) is 0 Å². The van der Waals surface area contributed by atoms with Gasteiger partial charge >= 0.3 is 0 Å². The maximum Gasteiger partial charge on any atom is 0.260 e. The van der Waals surface area contributed by atoms with E-state index in [0.717, 1.165) is 16.7 Å². The topological polar surface area (TPSA) is 103 Å². The predicted octanol–water partition coefficient (Wildman–Crippen LogP) is 5.25. The zero-order chi connectivity index (χ0) is 24.0. The fraction of sp³-hybridized carbons (Fsp3) is 0.280. The first-order chi connectivity index (χ1) is 16.3. The third kappa shape index (κ3) is 4.04. The highest BCUT2D eigenvalue weighted by Gasteiger charge is 2.32. The summed E-state index contributed by atoms with van der Waals surface area (Å²) < 4.78 is 21.6. The number of ether oxygens (including phenoxy) is 3. The Hall–Kier alpha value is -3.33. The number of hydrogen-bond donors (Lipinski definition) is 2. The zero-order valence-corrected chi connectivity index (χ0v) is 19.6. The van der Waals surface area contributed by atoms with Gasteiger partial charge in [0.2, 0.25) is 5.76 Å². The Morgan fingerprint density at radius 1 is 1.15 bits per heavy atom. The summed E-state index contributed by atoms with van der Waals surface area (Å²) in [5, 5.41) is 17.7. The van der Waals surface area contributed by atoms with E-state index in [1.165, 1.54) is 13.2 Å². The quantitative estimate of drug-likeness (QED) is 0.386. The number of carbonyl (C=O) groups excluding carboxylic acids is 1. The van der Waals surface area contributed by atoms with E-state index in [9.17, 15) is 9.90 Å². The van der Waals surface area contributed by atoms with Crippen LogP contribution in [-0.4, -0.2) is 42.3 Å². The summed E-state index contributed by atoms with van der Waals surface area (Å²) in [6.45, 7) is 4.97. The molecule has 2 N–H and O–H groups in total. The van der Waals surface area contributed by atoms with E-state index in [1.54, 1.807) is 12.1 Å². The summed E-state index contributed by atoms with van der Waals surface area (Å²) >= 11 is 6.56. The Labute approximate surface area is 201 Å². The Kier molecular flexibility index (Phi) is 5.59. The maximum absolute atomic E-state index is 12.7. The molecule has 0 aliphatic carbocycles. The average Bonchev–Trinajstić information content (AvgIpc) is 3.42. The van der Waals surface area contributed by atoms with Crippen LogP contribution in [0.25, 0.3) is 22.5 Å². The van der Waals surface area contributed by atoms with Crippen molar-refractivity contribution in [1.82, 2.24) is 5.16 Å².